The average molecular weight is 368 g/mol. The van der Waals surface area contributed by atoms with E-state index in [9.17, 15) is 8.42 Å². The number of halogens is 1. The van der Waals surface area contributed by atoms with Crippen molar-refractivity contribution in [2.24, 2.45) is 0 Å². The molecule has 1 unspecified atom stereocenters. The lowest BCUT2D eigenvalue weighted by atomic mass is 10.1. The fourth-order valence-corrected chi connectivity index (χ4v) is 4.02. The first kappa shape index (κ1) is 17.1. The maximum absolute atomic E-state index is 12.4. The third-order valence-corrected chi connectivity index (χ3v) is 5.37. The molecule has 128 valence electrons. The molecule has 1 aliphatic rings. The van der Waals surface area contributed by atoms with Crippen molar-refractivity contribution in [3.05, 3.63) is 58.6 Å². The number of ether oxygens (including phenoxy) is 2. The molecule has 0 spiro atoms. The van der Waals surface area contributed by atoms with Gasteiger partial charge in [0.25, 0.3) is 0 Å². The van der Waals surface area contributed by atoms with E-state index in [0.29, 0.717) is 35.3 Å². The lowest BCUT2D eigenvalue weighted by Crippen LogP contribution is -2.28. The Morgan fingerprint density at radius 3 is 2.46 bits per heavy atom. The zero-order chi connectivity index (χ0) is 17.2. The van der Waals surface area contributed by atoms with Crippen molar-refractivity contribution in [2.45, 2.75) is 18.7 Å². The highest BCUT2D eigenvalue weighted by molar-refractivity contribution is 7.88. The van der Waals surface area contributed by atoms with Crippen molar-refractivity contribution < 1.29 is 17.9 Å². The second-order valence-electron chi connectivity index (χ2n) is 5.63. The standard InChI is InChI=1S/C17H18ClNO4S/c1-12(14-4-7-16-17(10-14)23-9-8-22-16)19-24(20,21)11-13-2-5-15(18)6-3-13/h2-7,10,12,19H,8-9,11H2,1H3. The number of sulfonamides is 1. The number of hydrogen-bond donors (Lipinski definition) is 1. The molecule has 0 aromatic heterocycles. The third kappa shape index (κ3) is 4.20. The van der Waals surface area contributed by atoms with Crippen molar-refractivity contribution in [1.82, 2.24) is 4.72 Å². The van der Waals surface area contributed by atoms with E-state index < -0.39 is 10.0 Å². The molecule has 0 saturated heterocycles. The van der Waals surface area contributed by atoms with Crippen LogP contribution in [-0.4, -0.2) is 21.6 Å². The van der Waals surface area contributed by atoms with E-state index in [1.165, 1.54) is 0 Å². The number of rotatable bonds is 5. The fourth-order valence-electron chi connectivity index (χ4n) is 2.51. The first-order valence-electron chi connectivity index (χ1n) is 7.57. The minimum absolute atomic E-state index is 0.0982. The maximum atomic E-state index is 12.4. The molecule has 1 atom stereocenters. The van der Waals surface area contributed by atoms with E-state index in [1.807, 2.05) is 12.1 Å². The van der Waals surface area contributed by atoms with Crippen molar-refractivity contribution in [3.8, 4) is 11.5 Å². The molecule has 0 saturated carbocycles. The Balaban J connectivity index is 1.71. The van der Waals surface area contributed by atoms with E-state index in [2.05, 4.69) is 4.72 Å². The zero-order valence-electron chi connectivity index (χ0n) is 13.2. The van der Waals surface area contributed by atoms with Gasteiger partial charge in [-0.1, -0.05) is 29.8 Å². The Morgan fingerprint density at radius 2 is 1.75 bits per heavy atom. The van der Waals surface area contributed by atoms with Crippen molar-refractivity contribution >= 4 is 21.6 Å². The monoisotopic (exact) mass is 367 g/mol. The normalized spacial score (nSPS) is 15.1. The van der Waals surface area contributed by atoms with Crippen LogP contribution in [0.1, 0.15) is 24.1 Å². The summed E-state index contributed by atoms with van der Waals surface area (Å²) in [5.74, 6) is 1.22. The number of hydrogen-bond acceptors (Lipinski definition) is 4. The summed E-state index contributed by atoms with van der Waals surface area (Å²) in [6, 6.07) is 11.8. The van der Waals surface area contributed by atoms with Gasteiger partial charge >= 0.3 is 0 Å². The zero-order valence-corrected chi connectivity index (χ0v) is 14.7. The molecule has 0 aliphatic carbocycles. The van der Waals surface area contributed by atoms with Crippen LogP contribution >= 0.6 is 11.6 Å². The first-order valence-corrected chi connectivity index (χ1v) is 9.60. The van der Waals surface area contributed by atoms with E-state index in [4.69, 9.17) is 21.1 Å². The number of fused-ring (bicyclic) bond motifs is 1. The predicted molar refractivity (Wildman–Crippen MR) is 93.1 cm³/mol. The molecule has 0 bridgehead atoms. The highest BCUT2D eigenvalue weighted by atomic mass is 35.5. The summed E-state index contributed by atoms with van der Waals surface area (Å²) >= 11 is 5.82. The highest BCUT2D eigenvalue weighted by Crippen LogP contribution is 2.32. The summed E-state index contributed by atoms with van der Waals surface area (Å²) in [7, 11) is -3.48. The van der Waals surface area contributed by atoms with Crippen LogP contribution in [0.15, 0.2) is 42.5 Å². The Bertz CT molecular complexity index is 821. The molecule has 1 heterocycles. The van der Waals surface area contributed by atoms with Crippen LogP contribution in [0.3, 0.4) is 0 Å². The quantitative estimate of drug-likeness (QED) is 0.880. The van der Waals surface area contributed by atoms with Gasteiger partial charge in [-0.2, -0.15) is 0 Å². The van der Waals surface area contributed by atoms with Gasteiger partial charge in [0.05, 0.1) is 5.75 Å². The first-order chi connectivity index (χ1) is 11.4. The summed E-state index contributed by atoms with van der Waals surface area (Å²) in [6.07, 6.45) is 0. The largest absolute Gasteiger partial charge is 0.486 e. The van der Waals surface area contributed by atoms with Gasteiger partial charge in [-0.15, -0.1) is 0 Å². The van der Waals surface area contributed by atoms with Gasteiger partial charge in [-0.05, 0) is 42.3 Å². The summed E-state index contributed by atoms with van der Waals surface area (Å²) in [6.45, 7) is 2.81. The molecule has 7 heteroatoms. The smallest absolute Gasteiger partial charge is 0.216 e. The second-order valence-corrected chi connectivity index (χ2v) is 7.82. The van der Waals surface area contributed by atoms with Gasteiger partial charge in [-0.3, -0.25) is 0 Å². The molecular weight excluding hydrogens is 350 g/mol. The fraction of sp³-hybridized carbons (Fsp3) is 0.294. The lowest BCUT2D eigenvalue weighted by molar-refractivity contribution is 0.171. The van der Waals surface area contributed by atoms with Crippen molar-refractivity contribution in [2.75, 3.05) is 13.2 Å². The molecule has 3 rings (SSSR count). The minimum atomic E-state index is -3.48. The molecule has 2 aromatic rings. The van der Waals surface area contributed by atoms with Crippen LogP contribution in [0, 0.1) is 0 Å². The second kappa shape index (κ2) is 7.01. The number of nitrogens with one attached hydrogen (secondary N) is 1. The highest BCUT2D eigenvalue weighted by Gasteiger charge is 2.19. The van der Waals surface area contributed by atoms with Crippen LogP contribution in [0.25, 0.3) is 0 Å². The molecule has 24 heavy (non-hydrogen) atoms. The van der Waals surface area contributed by atoms with E-state index >= 15 is 0 Å². The third-order valence-electron chi connectivity index (χ3n) is 3.69. The maximum Gasteiger partial charge on any atom is 0.216 e. The van der Waals surface area contributed by atoms with Crippen LogP contribution in [0.4, 0.5) is 0 Å². The lowest BCUT2D eigenvalue weighted by Gasteiger charge is -2.21. The van der Waals surface area contributed by atoms with Crippen molar-refractivity contribution in [1.29, 1.82) is 0 Å². The van der Waals surface area contributed by atoms with Crippen molar-refractivity contribution in [3.63, 3.8) is 0 Å². The molecule has 0 radical (unpaired) electrons. The van der Waals surface area contributed by atoms with Gasteiger partial charge in [0.15, 0.2) is 11.5 Å². The van der Waals surface area contributed by atoms with Gasteiger partial charge in [0, 0.05) is 11.1 Å². The molecular formula is C17H18ClNO4S. The summed E-state index contributed by atoms with van der Waals surface area (Å²) in [5.41, 5.74) is 1.50. The molecule has 0 amide bonds. The van der Waals surface area contributed by atoms with Gasteiger partial charge < -0.3 is 9.47 Å². The summed E-state index contributed by atoms with van der Waals surface area (Å²) < 4.78 is 38.4. The molecule has 1 aliphatic heterocycles. The average Bonchev–Trinajstić information content (AvgIpc) is 2.56. The van der Waals surface area contributed by atoms with Gasteiger partial charge in [-0.25, -0.2) is 13.1 Å². The molecule has 1 N–H and O–H groups in total. The van der Waals surface area contributed by atoms with Crippen LogP contribution in [0.5, 0.6) is 11.5 Å². The summed E-state index contributed by atoms with van der Waals surface area (Å²) in [5, 5.41) is 0.578. The van der Waals surface area contributed by atoms with E-state index in [-0.39, 0.29) is 11.8 Å². The van der Waals surface area contributed by atoms with E-state index in [0.717, 1.165) is 5.56 Å². The van der Waals surface area contributed by atoms with E-state index in [1.54, 1.807) is 37.3 Å². The molecule has 2 aromatic carbocycles. The Labute approximate surface area is 146 Å². The van der Waals surface area contributed by atoms with Crippen LogP contribution < -0.4 is 14.2 Å². The number of benzene rings is 2. The van der Waals surface area contributed by atoms with Crippen LogP contribution in [0.2, 0.25) is 5.02 Å². The topological polar surface area (TPSA) is 64.6 Å². The minimum Gasteiger partial charge on any atom is -0.486 e. The summed E-state index contributed by atoms with van der Waals surface area (Å²) in [4.78, 5) is 0. The Hall–Kier alpha value is -1.76. The Kier molecular flexibility index (Phi) is 4.99. The Morgan fingerprint density at radius 1 is 1.08 bits per heavy atom. The van der Waals surface area contributed by atoms with Gasteiger partial charge in [0.2, 0.25) is 10.0 Å². The van der Waals surface area contributed by atoms with Gasteiger partial charge in [0.1, 0.15) is 13.2 Å². The molecule has 5 nitrogen and oxygen atoms in total. The SMILES string of the molecule is CC(NS(=O)(=O)Cc1ccc(Cl)cc1)c1ccc2c(c1)OCCO2. The molecule has 0 fully saturated rings. The van der Waals surface area contributed by atoms with Crippen LogP contribution in [-0.2, 0) is 15.8 Å². The predicted octanol–water partition coefficient (Wildman–Crippen LogP) is 3.29.